The summed E-state index contributed by atoms with van der Waals surface area (Å²) in [6.45, 7) is 2.05. The third kappa shape index (κ3) is 3.84. The molecule has 1 aliphatic heterocycles. The number of fused-ring (bicyclic) bond motifs is 1. The maximum absolute atomic E-state index is 12.8. The molecule has 1 aromatic heterocycles. The molecule has 1 amide bonds. The molecule has 0 spiro atoms. The molecule has 28 heavy (non-hydrogen) atoms. The Hall–Kier alpha value is -2.57. The van der Waals surface area contributed by atoms with Gasteiger partial charge in [0.2, 0.25) is 5.91 Å². The van der Waals surface area contributed by atoms with Gasteiger partial charge < -0.3 is 14.2 Å². The van der Waals surface area contributed by atoms with Crippen molar-refractivity contribution in [3.8, 4) is 11.3 Å². The number of nitrogens with zero attached hydrogens (tertiary/aromatic N) is 3. The van der Waals surface area contributed by atoms with Crippen LogP contribution >= 0.6 is 11.8 Å². The molecule has 0 unspecified atom stereocenters. The highest BCUT2D eigenvalue weighted by molar-refractivity contribution is 7.99. The molecule has 0 bridgehead atoms. The number of amides is 1. The Morgan fingerprint density at radius 3 is 2.75 bits per heavy atom. The van der Waals surface area contributed by atoms with Crippen LogP contribution in [0.1, 0.15) is 5.56 Å². The lowest BCUT2D eigenvalue weighted by Crippen LogP contribution is -2.30. The van der Waals surface area contributed by atoms with Gasteiger partial charge in [-0.2, -0.15) is 0 Å². The van der Waals surface area contributed by atoms with E-state index < -0.39 is 0 Å². The third-order valence-electron chi connectivity index (χ3n) is 4.92. The molecular weight excluding hydrogens is 370 g/mol. The van der Waals surface area contributed by atoms with E-state index in [9.17, 15) is 4.79 Å². The smallest absolute Gasteiger partial charge is 0.237 e. The van der Waals surface area contributed by atoms with Gasteiger partial charge in [0.15, 0.2) is 5.16 Å². The highest BCUT2D eigenvalue weighted by atomic mass is 32.2. The van der Waals surface area contributed by atoms with Crippen molar-refractivity contribution in [1.29, 1.82) is 0 Å². The van der Waals surface area contributed by atoms with E-state index in [4.69, 9.17) is 4.74 Å². The summed E-state index contributed by atoms with van der Waals surface area (Å²) in [5, 5.41) is 0.844. The number of imidazole rings is 1. The Labute approximate surface area is 169 Å². The quantitative estimate of drug-likeness (QED) is 0.572. The molecule has 0 saturated carbocycles. The summed E-state index contributed by atoms with van der Waals surface area (Å²) in [6, 6.07) is 18.3. The number of methoxy groups -OCH3 is 1. The number of aromatic nitrogens is 2. The van der Waals surface area contributed by atoms with Gasteiger partial charge in [0, 0.05) is 25.9 Å². The van der Waals surface area contributed by atoms with Gasteiger partial charge in [-0.25, -0.2) is 4.98 Å². The first kappa shape index (κ1) is 18.8. The third-order valence-corrected chi connectivity index (χ3v) is 5.90. The maximum atomic E-state index is 12.8. The van der Waals surface area contributed by atoms with Crippen LogP contribution in [-0.4, -0.2) is 41.5 Å². The molecule has 2 heterocycles. The zero-order valence-electron chi connectivity index (χ0n) is 15.9. The summed E-state index contributed by atoms with van der Waals surface area (Å²) in [7, 11) is 1.69. The highest BCUT2D eigenvalue weighted by Gasteiger charge is 2.24. The summed E-state index contributed by atoms with van der Waals surface area (Å²) in [5.74, 6) is 0.490. The topological polar surface area (TPSA) is 47.4 Å². The Morgan fingerprint density at radius 1 is 1.14 bits per heavy atom. The number of ether oxygens (including phenoxy) is 1. The normalized spacial score (nSPS) is 13.0. The van der Waals surface area contributed by atoms with E-state index in [-0.39, 0.29) is 5.91 Å². The summed E-state index contributed by atoms with van der Waals surface area (Å²) in [6.07, 6.45) is 2.80. The zero-order chi connectivity index (χ0) is 19.3. The number of carbonyl (C=O) groups excluding carboxylic acids is 1. The molecule has 0 atom stereocenters. The minimum Gasteiger partial charge on any atom is -0.383 e. The minimum atomic E-state index is 0.123. The first-order chi connectivity index (χ1) is 13.8. The molecule has 0 saturated heterocycles. The summed E-state index contributed by atoms with van der Waals surface area (Å²) in [5.41, 5.74) is 4.44. The SMILES string of the molecule is COCCn1c(-c2ccccc2)cnc1SCC(=O)N1CCc2ccccc21. The Bertz CT molecular complexity index is 955. The highest BCUT2D eigenvalue weighted by Crippen LogP contribution is 2.30. The van der Waals surface area contributed by atoms with Crippen molar-refractivity contribution in [3.63, 3.8) is 0 Å². The lowest BCUT2D eigenvalue weighted by Gasteiger charge is -2.17. The van der Waals surface area contributed by atoms with Gasteiger partial charge in [-0.1, -0.05) is 60.3 Å². The van der Waals surface area contributed by atoms with Crippen LogP contribution in [0.25, 0.3) is 11.3 Å². The molecule has 3 aromatic rings. The minimum absolute atomic E-state index is 0.123. The van der Waals surface area contributed by atoms with Crippen LogP contribution in [0.3, 0.4) is 0 Å². The van der Waals surface area contributed by atoms with Crippen LogP contribution < -0.4 is 4.90 Å². The van der Waals surface area contributed by atoms with Crippen LogP contribution in [0.4, 0.5) is 5.69 Å². The van der Waals surface area contributed by atoms with Crippen LogP contribution in [-0.2, 0) is 22.5 Å². The molecule has 0 aliphatic carbocycles. The molecule has 144 valence electrons. The number of anilines is 1. The van der Waals surface area contributed by atoms with E-state index in [1.54, 1.807) is 7.11 Å². The fraction of sp³-hybridized carbons (Fsp3) is 0.273. The second-order valence-corrected chi connectivity index (χ2v) is 7.59. The first-order valence-electron chi connectivity index (χ1n) is 9.39. The monoisotopic (exact) mass is 393 g/mol. The lowest BCUT2D eigenvalue weighted by molar-refractivity contribution is -0.116. The van der Waals surface area contributed by atoms with Gasteiger partial charge >= 0.3 is 0 Å². The van der Waals surface area contributed by atoms with Crippen LogP contribution in [0.15, 0.2) is 66.0 Å². The Balaban J connectivity index is 1.50. The maximum Gasteiger partial charge on any atom is 0.237 e. The molecule has 0 radical (unpaired) electrons. The van der Waals surface area contributed by atoms with E-state index in [1.165, 1.54) is 17.3 Å². The van der Waals surface area contributed by atoms with Gasteiger partial charge in [-0.15, -0.1) is 0 Å². The lowest BCUT2D eigenvalue weighted by atomic mass is 10.2. The predicted octanol–water partition coefficient (Wildman–Crippen LogP) is 3.88. The van der Waals surface area contributed by atoms with Gasteiger partial charge in [-0.05, 0) is 23.6 Å². The molecule has 1 aliphatic rings. The van der Waals surface area contributed by atoms with Crippen molar-refractivity contribution in [1.82, 2.24) is 9.55 Å². The van der Waals surface area contributed by atoms with Crippen molar-refractivity contribution in [2.45, 2.75) is 18.1 Å². The van der Waals surface area contributed by atoms with Gasteiger partial charge in [-0.3, -0.25) is 4.79 Å². The Kier molecular flexibility index (Phi) is 5.78. The Morgan fingerprint density at radius 2 is 1.93 bits per heavy atom. The van der Waals surface area contributed by atoms with E-state index >= 15 is 0 Å². The van der Waals surface area contributed by atoms with E-state index in [1.807, 2.05) is 47.5 Å². The molecule has 0 fully saturated rings. The molecule has 4 rings (SSSR count). The number of thioether (sulfide) groups is 1. The van der Waals surface area contributed by atoms with Gasteiger partial charge in [0.1, 0.15) is 0 Å². The number of hydrogen-bond donors (Lipinski definition) is 0. The van der Waals surface area contributed by atoms with E-state index in [0.717, 1.165) is 35.1 Å². The van der Waals surface area contributed by atoms with Crippen molar-refractivity contribution in [2.75, 3.05) is 30.9 Å². The summed E-state index contributed by atoms with van der Waals surface area (Å²) < 4.78 is 7.41. The second kappa shape index (κ2) is 8.63. The molecule has 6 heteroatoms. The number of para-hydroxylation sites is 1. The standard InChI is InChI=1S/C22H23N3O2S/c1-27-14-13-25-20(17-7-3-2-4-8-17)15-23-22(25)28-16-21(26)24-12-11-18-9-5-6-10-19(18)24/h2-10,15H,11-14,16H2,1H3. The van der Waals surface area contributed by atoms with Crippen molar-refractivity contribution < 1.29 is 9.53 Å². The summed E-state index contributed by atoms with van der Waals surface area (Å²) >= 11 is 1.49. The van der Waals surface area contributed by atoms with Crippen LogP contribution in [0, 0.1) is 0 Å². The molecule has 5 nitrogen and oxygen atoms in total. The van der Waals surface area contributed by atoms with Crippen molar-refractivity contribution >= 4 is 23.4 Å². The zero-order valence-corrected chi connectivity index (χ0v) is 16.7. The number of rotatable bonds is 7. The van der Waals surface area contributed by atoms with Crippen LogP contribution in [0.2, 0.25) is 0 Å². The second-order valence-electron chi connectivity index (χ2n) is 6.65. The van der Waals surface area contributed by atoms with E-state index in [0.29, 0.717) is 18.9 Å². The molecule has 2 aromatic carbocycles. The largest absolute Gasteiger partial charge is 0.383 e. The number of hydrogen-bond acceptors (Lipinski definition) is 4. The number of carbonyl (C=O) groups is 1. The number of benzene rings is 2. The fourth-order valence-corrected chi connectivity index (χ4v) is 4.39. The average molecular weight is 394 g/mol. The van der Waals surface area contributed by atoms with Gasteiger partial charge in [0.05, 0.1) is 24.3 Å². The molecule has 0 N–H and O–H groups in total. The first-order valence-corrected chi connectivity index (χ1v) is 10.4. The van der Waals surface area contributed by atoms with Gasteiger partial charge in [0.25, 0.3) is 0 Å². The molecular formula is C22H23N3O2S. The predicted molar refractivity (Wildman–Crippen MR) is 113 cm³/mol. The van der Waals surface area contributed by atoms with Crippen molar-refractivity contribution in [3.05, 3.63) is 66.4 Å². The fourth-order valence-electron chi connectivity index (χ4n) is 3.51. The average Bonchev–Trinajstić information content (AvgIpc) is 3.35. The van der Waals surface area contributed by atoms with E-state index in [2.05, 4.69) is 27.8 Å². The van der Waals surface area contributed by atoms with Crippen LogP contribution in [0.5, 0.6) is 0 Å². The summed E-state index contributed by atoms with van der Waals surface area (Å²) in [4.78, 5) is 19.3. The van der Waals surface area contributed by atoms with Crippen molar-refractivity contribution in [2.24, 2.45) is 0 Å².